The van der Waals surface area contributed by atoms with E-state index in [-0.39, 0.29) is 0 Å². The lowest BCUT2D eigenvalue weighted by atomic mass is 9.93. The summed E-state index contributed by atoms with van der Waals surface area (Å²) < 4.78 is 5.41. The molecule has 0 radical (unpaired) electrons. The topological polar surface area (TPSA) is 62.8 Å². The summed E-state index contributed by atoms with van der Waals surface area (Å²) in [4.78, 5) is 5.26. The van der Waals surface area contributed by atoms with E-state index < -0.39 is 0 Å². The molecule has 1 heterocycles. The van der Waals surface area contributed by atoms with Crippen LogP contribution in [0.4, 0.5) is 5.69 Å². The van der Waals surface area contributed by atoms with E-state index >= 15 is 0 Å². The minimum Gasteiger partial charge on any atom is -0.382 e. The molecule has 0 atom stereocenters. The maximum atomic E-state index is 5.41. The maximum absolute atomic E-state index is 5.41. The molecule has 1 aromatic carbocycles. The third-order valence-corrected chi connectivity index (χ3v) is 4.74. The quantitative estimate of drug-likeness (QED) is 0.887. The molecule has 1 saturated carbocycles. The molecule has 1 fully saturated rings. The van der Waals surface area contributed by atoms with E-state index in [0.717, 1.165) is 22.9 Å². The van der Waals surface area contributed by atoms with Crippen molar-refractivity contribution in [3.63, 3.8) is 0 Å². The molecule has 1 aromatic heterocycles. The molecule has 1 aliphatic carbocycles. The van der Waals surface area contributed by atoms with Crippen molar-refractivity contribution in [2.24, 2.45) is 0 Å². The zero-order valence-electron chi connectivity index (χ0n) is 12.1. The van der Waals surface area contributed by atoms with Crippen LogP contribution in [0.15, 0.2) is 40.6 Å². The number of methoxy groups -OCH3 is 1. The van der Waals surface area contributed by atoms with Crippen LogP contribution < -0.4 is 5.32 Å². The van der Waals surface area contributed by atoms with Gasteiger partial charge in [-0.1, -0.05) is 11.8 Å². The van der Waals surface area contributed by atoms with Gasteiger partial charge < -0.3 is 10.1 Å². The van der Waals surface area contributed by atoms with E-state index in [9.17, 15) is 0 Å². The van der Waals surface area contributed by atoms with Crippen LogP contribution in [0.3, 0.4) is 0 Å². The van der Waals surface area contributed by atoms with Crippen molar-refractivity contribution >= 4 is 17.4 Å². The van der Waals surface area contributed by atoms with Crippen LogP contribution in [0.1, 0.15) is 25.7 Å². The number of aromatic amines is 1. The molecule has 1 aliphatic rings. The first kappa shape index (κ1) is 14.4. The summed E-state index contributed by atoms with van der Waals surface area (Å²) in [5, 5.41) is 11.1. The summed E-state index contributed by atoms with van der Waals surface area (Å²) in [6, 6.07) is 9.03. The van der Waals surface area contributed by atoms with Crippen molar-refractivity contribution in [1.82, 2.24) is 15.2 Å². The number of H-pyrrole nitrogens is 1. The molecule has 112 valence electrons. The number of ether oxygens (including phenoxy) is 1. The van der Waals surface area contributed by atoms with Crippen LogP contribution in [-0.2, 0) is 4.74 Å². The second kappa shape index (κ2) is 6.95. The van der Waals surface area contributed by atoms with Gasteiger partial charge in [0.05, 0.1) is 6.10 Å². The Kier molecular flexibility index (Phi) is 4.77. The first-order valence-corrected chi connectivity index (χ1v) is 8.08. The van der Waals surface area contributed by atoms with Crippen molar-refractivity contribution in [2.75, 3.05) is 12.4 Å². The molecule has 2 N–H and O–H groups in total. The number of benzene rings is 1. The average Bonchev–Trinajstić information content (AvgIpc) is 3.03. The summed E-state index contributed by atoms with van der Waals surface area (Å²) in [5.41, 5.74) is 1.18. The molecule has 6 heteroatoms. The largest absolute Gasteiger partial charge is 0.382 e. The molecule has 2 aromatic rings. The van der Waals surface area contributed by atoms with Gasteiger partial charge in [-0.05, 0) is 49.9 Å². The van der Waals surface area contributed by atoms with Gasteiger partial charge in [-0.15, -0.1) is 0 Å². The van der Waals surface area contributed by atoms with Crippen LogP contribution in [0.2, 0.25) is 0 Å². The van der Waals surface area contributed by atoms with Crippen molar-refractivity contribution in [3.8, 4) is 0 Å². The van der Waals surface area contributed by atoms with E-state index in [4.69, 9.17) is 4.74 Å². The van der Waals surface area contributed by atoms with Gasteiger partial charge in [-0.3, -0.25) is 5.10 Å². The summed E-state index contributed by atoms with van der Waals surface area (Å²) in [6.07, 6.45) is 6.61. The van der Waals surface area contributed by atoms with Crippen molar-refractivity contribution < 1.29 is 4.74 Å². The molecule has 0 bridgehead atoms. The number of anilines is 1. The fourth-order valence-corrected chi connectivity index (χ4v) is 3.35. The Balaban J connectivity index is 1.53. The van der Waals surface area contributed by atoms with E-state index in [1.807, 2.05) is 7.11 Å². The lowest BCUT2D eigenvalue weighted by molar-refractivity contribution is 0.0682. The predicted octanol–water partition coefficient (Wildman–Crippen LogP) is 3.33. The fraction of sp³-hybridized carbons (Fsp3) is 0.467. The third kappa shape index (κ3) is 3.98. The summed E-state index contributed by atoms with van der Waals surface area (Å²) in [6.45, 7) is 0. The van der Waals surface area contributed by atoms with Gasteiger partial charge in [0.1, 0.15) is 6.33 Å². The Hall–Kier alpha value is -1.53. The van der Waals surface area contributed by atoms with Gasteiger partial charge >= 0.3 is 0 Å². The number of hydrogen-bond acceptors (Lipinski definition) is 5. The monoisotopic (exact) mass is 304 g/mol. The zero-order chi connectivity index (χ0) is 14.5. The lowest BCUT2D eigenvalue weighted by Crippen LogP contribution is -2.29. The van der Waals surface area contributed by atoms with Crippen LogP contribution in [-0.4, -0.2) is 34.4 Å². The molecule has 0 amide bonds. The van der Waals surface area contributed by atoms with E-state index in [1.54, 1.807) is 11.8 Å². The SMILES string of the molecule is COC1CCC(Nc2ccc(Sc3ncn[nH]3)cc2)CC1. The number of hydrogen-bond donors (Lipinski definition) is 2. The fourth-order valence-electron chi connectivity index (χ4n) is 2.65. The molecule has 3 rings (SSSR count). The standard InChI is InChI=1S/C15H20N4OS/c1-20-13-6-2-11(3-7-13)18-12-4-8-14(9-5-12)21-15-16-10-17-19-15/h4-5,8-11,13,18H,2-3,6-7H2,1H3,(H,16,17,19). The number of aromatic nitrogens is 3. The Bertz CT molecular complexity index is 535. The van der Waals surface area contributed by atoms with E-state index in [0.29, 0.717) is 12.1 Å². The van der Waals surface area contributed by atoms with E-state index in [2.05, 4.69) is 44.8 Å². The van der Waals surface area contributed by atoms with Gasteiger partial charge in [0.15, 0.2) is 5.16 Å². The maximum Gasteiger partial charge on any atom is 0.188 e. The Labute approximate surface area is 128 Å². The summed E-state index contributed by atoms with van der Waals surface area (Å²) in [5.74, 6) is 0. The molecular weight excluding hydrogens is 284 g/mol. The van der Waals surface area contributed by atoms with Gasteiger partial charge in [0, 0.05) is 23.7 Å². The highest BCUT2D eigenvalue weighted by atomic mass is 32.2. The minimum absolute atomic E-state index is 0.448. The van der Waals surface area contributed by atoms with Gasteiger partial charge in [-0.25, -0.2) is 4.98 Å². The highest BCUT2D eigenvalue weighted by Gasteiger charge is 2.20. The summed E-state index contributed by atoms with van der Waals surface area (Å²) >= 11 is 1.58. The Morgan fingerprint density at radius 2 is 1.95 bits per heavy atom. The molecule has 21 heavy (non-hydrogen) atoms. The van der Waals surface area contributed by atoms with Gasteiger partial charge in [-0.2, -0.15) is 5.10 Å². The molecule has 0 unspecified atom stereocenters. The molecule has 0 aliphatic heterocycles. The number of nitrogens with zero attached hydrogens (tertiary/aromatic N) is 2. The Morgan fingerprint density at radius 3 is 2.57 bits per heavy atom. The Morgan fingerprint density at radius 1 is 1.19 bits per heavy atom. The van der Waals surface area contributed by atoms with Crippen molar-refractivity contribution in [3.05, 3.63) is 30.6 Å². The highest BCUT2D eigenvalue weighted by Crippen LogP contribution is 2.27. The first-order valence-electron chi connectivity index (χ1n) is 7.26. The van der Waals surface area contributed by atoms with Gasteiger partial charge in [0.25, 0.3) is 0 Å². The minimum atomic E-state index is 0.448. The highest BCUT2D eigenvalue weighted by molar-refractivity contribution is 7.99. The smallest absolute Gasteiger partial charge is 0.188 e. The second-order valence-electron chi connectivity index (χ2n) is 5.27. The normalized spacial score (nSPS) is 22.1. The number of nitrogens with one attached hydrogen (secondary N) is 2. The van der Waals surface area contributed by atoms with Crippen molar-refractivity contribution in [1.29, 1.82) is 0 Å². The summed E-state index contributed by atoms with van der Waals surface area (Å²) in [7, 11) is 1.81. The first-order chi connectivity index (χ1) is 10.3. The van der Waals surface area contributed by atoms with Crippen LogP contribution >= 0.6 is 11.8 Å². The number of rotatable bonds is 5. The molecule has 0 saturated heterocycles. The molecule has 0 spiro atoms. The predicted molar refractivity (Wildman–Crippen MR) is 83.6 cm³/mol. The lowest BCUT2D eigenvalue weighted by Gasteiger charge is -2.28. The van der Waals surface area contributed by atoms with Crippen LogP contribution in [0.25, 0.3) is 0 Å². The van der Waals surface area contributed by atoms with E-state index in [1.165, 1.54) is 24.9 Å². The average molecular weight is 304 g/mol. The van der Waals surface area contributed by atoms with Crippen LogP contribution in [0.5, 0.6) is 0 Å². The molecular formula is C15H20N4OS. The van der Waals surface area contributed by atoms with Crippen molar-refractivity contribution in [2.45, 2.75) is 47.9 Å². The second-order valence-corrected chi connectivity index (χ2v) is 6.33. The van der Waals surface area contributed by atoms with Crippen LogP contribution in [0, 0.1) is 0 Å². The van der Waals surface area contributed by atoms with Gasteiger partial charge in [0.2, 0.25) is 0 Å². The molecule has 5 nitrogen and oxygen atoms in total. The third-order valence-electron chi connectivity index (χ3n) is 3.84. The zero-order valence-corrected chi connectivity index (χ0v) is 12.9.